The quantitative estimate of drug-likeness (QED) is 0.630. The molecule has 118 valence electrons. The highest BCUT2D eigenvalue weighted by Crippen LogP contribution is 2.32. The molecule has 2 rings (SSSR count). The minimum atomic E-state index is -3.76. The average Bonchev–Trinajstić information content (AvgIpc) is 3.29. The highest BCUT2D eigenvalue weighted by molar-refractivity contribution is 7.90. The van der Waals surface area contributed by atoms with E-state index in [1.54, 1.807) is 0 Å². The van der Waals surface area contributed by atoms with Crippen molar-refractivity contribution >= 4 is 20.0 Å². The lowest BCUT2D eigenvalue weighted by atomic mass is 10.2. The summed E-state index contributed by atoms with van der Waals surface area (Å²) in [6.07, 6.45) is 1.16. The molecule has 0 spiro atoms. The Kier molecular flexibility index (Phi) is 4.69. The molecule has 0 aromatic heterocycles. The molecule has 0 heterocycles. The normalized spacial score (nSPS) is 17.6. The third-order valence-electron chi connectivity index (χ3n) is 3.36. The maximum atomic E-state index is 12.0. The summed E-state index contributed by atoms with van der Waals surface area (Å²) in [7, 11) is -6.07. The van der Waals surface area contributed by atoms with Crippen molar-refractivity contribution in [2.75, 3.05) is 13.6 Å². The Bertz CT molecular complexity index is 694. The molecule has 21 heavy (non-hydrogen) atoms. The van der Waals surface area contributed by atoms with Crippen LogP contribution in [0.2, 0.25) is 0 Å². The highest BCUT2D eigenvalue weighted by atomic mass is 32.2. The molecule has 1 saturated carbocycles. The second-order valence-electron chi connectivity index (χ2n) is 4.94. The van der Waals surface area contributed by atoms with Crippen LogP contribution in [-0.2, 0) is 20.0 Å². The average molecular weight is 334 g/mol. The Balaban J connectivity index is 2.09. The fraction of sp³-hybridized carbons (Fsp3) is 0.500. The van der Waals surface area contributed by atoms with Crippen LogP contribution in [0.15, 0.2) is 34.1 Å². The number of hydrogen-bond acceptors (Lipinski definition) is 5. The van der Waals surface area contributed by atoms with Gasteiger partial charge in [0.1, 0.15) is 0 Å². The van der Waals surface area contributed by atoms with Crippen molar-refractivity contribution in [3.8, 4) is 0 Å². The summed E-state index contributed by atoms with van der Waals surface area (Å²) in [5.74, 6) is 0.177. The van der Waals surface area contributed by atoms with Gasteiger partial charge in [0.05, 0.1) is 15.9 Å². The number of benzene rings is 1. The fourth-order valence-electron chi connectivity index (χ4n) is 1.84. The topological polar surface area (TPSA) is 113 Å². The smallest absolute Gasteiger partial charge is 0.240 e. The van der Waals surface area contributed by atoms with Crippen LogP contribution in [0.3, 0.4) is 0 Å². The molecule has 1 aromatic carbocycles. The number of nitrogens with one attached hydrogen (secondary N) is 2. The van der Waals surface area contributed by atoms with Crippen LogP contribution < -0.4 is 9.44 Å². The first-order valence-corrected chi connectivity index (χ1v) is 9.44. The van der Waals surface area contributed by atoms with E-state index >= 15 is 0 Å². The van der Waals surface area contributed by atoms with Gasteiger partial charge < -0.3 is 5.11 Å². The maximum absolute atomic E-state index is 12.0. The van der Waals surface area contributed by atoms with Crippen molar-refractivity contribution in [3.05, 3.63) is 24.3 Å². The van der Waals surface area contributed by atoms with E-state index in [0.717, 1.165) is 12.8 Å². The predicted molar refractivity (Wildman–Crippen MR) is 76.6 cm³/mol. The molecule has 1 fully saturated rings. The van der Waals surface area contributed by atoms with Gasteiger partial charge in [0.15, 0.2) is 0 Å². The van der Waals surface area contributed by atoms with Gasteiger partial charge in [-0.3, -0.25) is 0 Å². The zero-order valence-electron chi connectivity index (χ0n) is 11.5. The SMILES string of the molecule is CNS(=O)(=O)c1ccc(S(=O)(=O)NCC(O)C2CC2)cc1. The van der Waals surface area contributed by atoms with Crippen molar-refractivity contribution in [2.45, 2.75) is 28.7 Å². The van der Waals surface area contributed by atoms with E-state index in [1.165, 1.54) is 31.3 Å². The van der Waals surface area contributed by atoms with E-state index in [4.69, 9.17) is 0 Å². The van der Waals surface area contributed by atoms with Crippen LogP contribution in [0.5, 0.6) is 0 Å². The molecule has 1 atom stereocenters. The maximum Gasteiger partial charge on any atom is 0.240 e. The Morgan fingerprint density at radius 3 is 2.00 bits per heavy atom. The molecule has 0 saturated heterocycles. The van der Waals surface area contributed by atoms with Crippen molar-refractivity contribution in [1.82, 2.24) is 9.44 Å². The largest absolute Gasteiger partial charge is 0.391 e. The van der Waals surface area contributed by atoms with Crippen molar-refractivity contribution in [3.63, 3.8) is 0 Å². The number of aliphatic hydroxyl groups is 1. The van der Waals surface area contributed by atoms with Gasteiger partial charge in [0.2, 0.25) is 20.0 Å². The second-order valence-corrected chi connectivity index (χ2v) is 8.59. The van der Waals surface area contributed by atoms with Crippen molar-refractivity contribution in [2.24, 2.45) is 5.92 Å². The minimum absolute atomic E-state index is 0.0121. The first kappa shape index (κ1) is 16.4. The molecular formula is C12H18N2O5S2. The van der Waals surface area contributed by atoms with Crippen LogP contribution in [0.4, 0.5) is 0 Å². The van der Waals surface area contributed by atoms with Gasteiger partial charge in [-0.05, 0) is 50.1 Å². The van der Waals surface area contributed by atoms with Crippen LogP contribution in [0.1, 0.15) is 12.8 Å². The summed E-state index contributed by atoms with van der Waals surface area (Å²) in [4.78, 5) is -0.0532. The summed E-state index contributed by atoms with van der Waals surface area (Å²) in [6.45, 7) is -0.0381. The Morgan fingerprint density at radius 2 is 1.57 bits per heavy atom. The van der Waals surface area contributed by atoms with E-state index < -0.39 is 26.2 Å². The summed E-state index contributed by atoms with van der Waals surface area (Å²) in [5.41, 5.74) is 0. The summed E-state index contributed by atoms with van der Waals surface area (Å²) >= 11 is 0. The van der Waals surface area contributed by atoms with Gasteiger partial charge in [-0.2, -0.15) is 0 Å². The lowest BCUT2D eigenvalue weighted by Crippen LogP contribution is -2.33. The minimum Gasteiger partial charge on any atom is -0.391 e. The second kappa shape index (κ2) is 6.01. The molecule has 0 bridgehead atoms. The lowest BCUT2D eigenvalue weighted by Gasteiger charge is -2.11. The number of sulfonamides is 2. The van der Waals surface area contributed by atoms with E-state index in [-0.39, 0.29) is 22.3 Å². The van der Waals surface area contributed by atoms with Gasteiger partial charge in [-0.1, -0.05) is 0 Å². The number of hydrogen-bond donors (Lipinski definition) is 3. The fourth-order valence-corrected chi connectivity index (χ4v) is 3.62. The molecule has 1 aromatic rings. The lowest BCUT2D eigenvalue weighted by molar-refractivity contribution is 0.155. The molecule has 0 aliphatic heterocycles. The van der Waals surface area contributed by atoms with Gasteiger partial charge in [0, 0.05) is 6.54 Å². The van der Waals surface area contributed by atoms with Gasteiger partial charge >= 0.3 is 0 Å². The van der Waals surface area contributed by atoms with E-state index in [0.29, 0.717) is 0 Å². The van der Waals surface area contributed by atoms with Gasteiger partial charge in [-0.15, -0.1) is 0 Å². The Labute approximate surface area is 124 Å². The zero-order valence-corrected chi connectivity index (χ0v) is 13.1. The van der Waals surface area contributed by atoms with Gasteiger partial charge in [0.25, 0.3) is 0 Å². The van der Waals surface area contributed by atoms with Gasteiger partial charge in [-0.25, -0.2) is 26.3 Å². The van der Waals surface area contributed by atoms with E-state index in [2.05, 4.69) is 9.44 Å². The number of aliphatic hydroxyl groups excluding tert-OH is 1. The highest BCUT2D eigenvalue weighted by Gasteiger charge is 2.30. The third kappa shape index (κ3) is 4.01. The molecule has 3 N–H and O–H groups in total. The summed E-state index contributed by atoms with van der Waals surface area (Å²) in [6, 6.07) is 4.88. The predicted octanol–water partition coefficient (Wildman–Crippen LogP) is -0.356. The van der Waals surface area contributed by atoms with E-state index in [1.807, 2.05) is 0 Å². The Morgan fingerprint density at radius 1 is 1.10 bits per heavy atom. The molecule has 1 unspecified atom stereocenters. The zero-order chi connectivity index (χ0) is 15.7. The van der Waals surface area contributed by atoms with Crippen LogP contribution >= 0.6 is 0 Å². The number of rotatable bonds is 7. The van der Waals surface area contributed by atoms with Crippen LogP contribution in [-0.4, -0.2) is 41.6 Å². The van der Waals surface area contributed by atoms with Crippen LogP contribution in [0, 0.1) is 5.92 Å². The standard InChI is InChI=1S/C12H18N2O5S2/c1-13-20(16,17)10-4-6-11(7-5-10)21(18,19)14-8-12(15)9-2-3-9/h4-7,9,12-15H,2-3,8H2,1H3. The molecule has 0 amide bonds. The molecule has 1 aliphatic rings. The van der Waals surface area contributed by atoms with E-state index in [9.17, 15) is 21.9 Å². The monoisotopic (exact) mass is 334 g/mol. The molecule has 7 nitrogen and oxygen atoms in total. The summed E-state index contributed by atoms with van der Waals surface area (Å²) < 4.78 is 51.6. The Hall–Kier alpha value is -1.00. The molecule has 9 heteroatoms. The van der Waals surface area contributed by atoms with Crippen molar-refractivity contribution in [1.29, 1.82) is 0 Å². The van der Waals surface area contributed by atoms with Crippen LogP contribution in [0.25, 0.3) is 0 Å². The first-order valence-electron chi connectivity index (χ1n) is 6.47. The molecular weight excluding hydrogens is 316 g/mol. The third-order valence-corrected chi connectivity index (χ3v) is 6.23. The molecule has 1 aliphatic carbocycles. The molecule has 0 radical (unpaired) electrons. The van der Waals surface area contributed by atoms with Crippen molar-refractivity contribution < 1.29 is 21.9 Å². The summed E-state index contributed by atoms with van der Waals surface area (Å²) in [5, 5.41) is 9.67. The first-order chi connectivity index (χ1) is 9.76.